The second kappa shape index (κ2) is 38.5. The molecule has 0 aromatic heterocycles. The van der Waals surface area contributed by atoms with Crippen LogP contribution in [0.2, 0.25) is 0 Å². The van der Waals surface area contributed by atoms with Crippen LogP contribution in [0.25, 0.3) is 0 Å². The molecule has 32 nitrogen and oxygen atoms in total. The summed E-state index contributed by atoms with van der Waals surface area (Å²) in [6, 6.07) is -8.12. The first-order valence-electron chi connectivity index (χ1n) is 26.6. The normalized spacial score (nSPS) is 24.8. The molecule has 2 fully saturated rings. The van der Waals surface area contributed by atoms with Crippen LogP contribution in [0.1, 0.15) is 77.2 Å². The van der Waals surface area contributed by atoms with E-state index in [0.717, 1.165) is 40.3 Å². The van der Waals surface area contributed by atoms with Crippen LogP contribution < -0.4 is 65.1 Å². The molecule has 11 amide bonds. The minimum atomic E-state index is -1.83. The molecule has 2 heterocycles. The molecular formula is C50H77N13O19S3. The lowest BCUT2D eigenvalue weighted by molar-refractivity contribution is -0.143. The summed E-state index contributed by atoms with van der Waals surface area (Å²) in [5.74, 6) is -14.7. The van der Waals surface area contributed by atoms with E-state index in [-0.39, 0.29) is 62.4 Å². The zero-order valence-electron chi connectivity index (χ0n) is 47.0. The number of aliphatic carboxylic acids is 3. The van der Waals surface area contributed by atoms with Crippen molar-refractivity contribution in [1.82, 2.24) is 52.8 Å². The van der Waals surface area contributed by atoms with Crippen molar-refractivity contribution < 1.29 is 92.7 Å². The van der Waals surface area contributed by atoms with Crippen molar-refractivity contribution in [2.24, 2.45) is 17.2 Å². The van der Waals surface area contributed by atoms with Crippen LogP contribution in [-0.2, 0) is 73.5 Å². The van der Waals surface area contributed by atoms with E-state index in [1.165, 1.54) is 36.0 Å². The zero-order valence-corrected chi connectivity index (χ0v) is 49.4. The van der Waals surface area contributed by atoms with Crippen molar-refractivity contribution in [2.75, 3.05) is 49.7 Å². The van der Waals surface area contributed by atoms with E-state index in [9.17, 15) is 82.8 Å². The second-order valence-electron chi connectivity index (χ2n) is 19.4. The number of nitrogens with two attached hydrogens (primary N) is 3. The van der Waals surface area contributed by atoms with Crippen LogP contribution in [-0.4, -0.2) is 223 Å². The fourth-order valence-electron chi connectivity index (χ4n) is 8.08. The fraction of sp³-hybridized carbons (Fsp3) is 0.600. The van der Waals surface area contributed by atoms with Crippen molar-refractivity contribution in [1.29, 1.82) is 0 Å². The number of nitrogens with one attached hydrogen (secondary N) is 9. The van der Waals surface area contributed by atoms with Gasteiger partial charge in [0.25, 0.3) is 5.97 Å². The predicted octanol–water partition coefficient (Wildman–Crippen LogP) is -5.55. The van der Waals surface area contributed by atoms with Gasteiger partial charge in [-0.15, -0.1) is 0 Å². The van der Waals surface area contributed by atoms with Crippen LogP contribution in [0.5, 0.6) is 5.75 Å². The van der Waals surface area contributed by atoms with Gasteiger partial charge in [0.1, 0.15) is 54.1 Å². The van der Waals surface area contributed by atoms with Gasteiger partial charge < -0.3 is 95.5 Å². The topological polar surface area (TPSA) is 530 Å². The number of benzene rings is 1. The number of carboxylic acids is 3. The number of carbonyl (C=O) groups excluding carboxylic acids is 11. The number of rotatable bonds is 16. The van der Waals surface area contributed by atoms with Crippen molar-refractivity contribution >= 4 is 116 Å². The molecule has 0 spiro atoms. The number of nitrogens with zero attached hydrogens (tertiary/aromatic N) is 1. The number of aromatic hydroxyl groups is 1. The molecule has 20 N–H and O–H groups in total. The molecule has 2 aliphatic rings. The highest BCUT2D eigenvalue weighted by Crippen LogP contribution is 2.24. The first kappa shape index (κ1) is 73.6. The van der Waals surface area contributed by atoms with Gasteiger partial charge in [-0.2, -0.15) is 11.8 Å². The Morgan fingerprint density at radius 3 is 1.80 bits per heavy atom. The van der Waals surface area contributed by atoms with Gasteiger partial charge in [-0.05, 0) is 88.1 Å². The highest BCUT2D eigenvalue weighted by atomic mass is 33.1. The third-order valence-corrected chi connectivity index (χ3v) is 15.5. The quantitative estimate of drug-likeness (QED) is 0.0542. The molecule has 0 bridgehead atoms. The summed E-state index contributed by atoms with van der Waals surface area (Å²) < 4.78 is 0. The number of hydrogen-bond acceptors (Lipinski definition) is 21. The van der Waals surface area contributed by atoms with Gasteiger partial charge >= 0.3 is 11.9 Å². The SMILES string of the molecule is CC(=O)O.CSCCC1NC(=O)C2CCCN2C(=O)C(CC(N)=O)NC(=O)C(N)CSSCC(C(=O)O)NC(=O)CNC(=O)C(CCC(=O)O)NC(=O)C(CCCCN)NC(=O)C(C(C)O)NC(=O)C(Cc2ccc(O)cc2)NC(=O)CNC1=O. The highest BCUT2D eigenvalue weighted by Gasteiger charge is 2.40. The van der Waals surface area contributed by atoms with Gasteiger partial charge in [0.05, 0.1) is 31.7 Å². The van der Waals surface area contributed by atoms with Crippen LogP contribution in [0.15, 0.2) is 24.3 Å². The summed E-state index contributed by atoms with van der Waals surface area (Å²) in [4.78, 5) is 183. The minimum Gasteiger partial charge on any atom is -0.508 e. The average Bonchev–Trinajstić information content (AvgIpc) is 4.18. The number of amides is 11. The van der Waals surface area contributed by atoms with E-state index >= 15 is 0 Å². The number of thioether (sulfide) groups is 1. The first-order chi connectivity index (χ1) is 40.1. The maximum atomic E-state index is 14.1. The van der Waals surface area contributed by atoms with E-state index in [0.29, 0.717) is 24.2 Å². The number of hydrogen-bond donors (Lipinski definition) is 17. The molecule has 0 saturated carbocycles. The predicted molar refractivity (Wildman–Crippen MR) is 308 cm³/mol. The first-order valence-corrected chi connectivity index (χ1v) is 30.5. The van der Waals surface area contributed by atoms with Crippen molar-refractivity contribution in [3.63, 3.8) is 0 Å². The molecule has 10 unspecified atom stereocenters. The van der Waals surface area contributed by atoms with Crippen molar-refractivity contribution in [3.8, 4) is 5.75 Å². The van der Waals surface area contributed by atoms with E-state index < -0.39 is 176 Å². The largest absolute Gasteiger partial charge is 0.508 e. The Kier molecular flexibility index (Phi) is 33.3. The Labute approximate surface area is 500 Å². The lowest BCUT2D eigenvalue weighted by Crippen LogP contribution is -2.61. The van der Waals surface area contributed by atoms with Crippen molar-refractivity contribution in [2.45, 2.75) is 139 Å². The lowest BCUT2D eigenvalue weighted by Gasteiger charge is -2.30. The van der Waals surface area contributed by atoms with E-state index in [2.05, 4.69) is 47.9 Å². The van der Waals surface area contributed by atoms with Gasteiger partial charge in [-0.1, -0.05) is 33.7 Å². The number of fused-ring (bicyclic) bond motifs is 1. The molecular weight excluding hydrogens is 1180 g/mol. The number of aliphatic hydroxyl groups is 1. The lowest BCUT2D eigenvalue weighted by atomic mass is 10.0. The van der Waals surface area contributed by atoms with Crippen LogP contribution in [0.4, 0.5) is 0 Å². The number of primary amides is 1. The maximum absolute atomic E-state index is 14.1. The molecule has 1 aromatic carbocycles. The molecule has 1 aromatic rings. The Morgan fingerprint density at radius 1 is 0.694 bits per heavy atom. The third-order valence-electron chi connectivity index (χ3n) is 12.4. The molecule has 2 saturated heterocycles. The highest BCUT2D eigenvalue weighted by molar-refractivity contribution is 8.76. The number of unbranched alkanes of at least 4 members (excludes halogenated alkanes) is 1. The molecule has 474 valence electrons. The number of carboxylic acid groups (broad SMARTS) is 3. The smallest absolute Gasteiger partial charge is 0.327 e. The number of phenolic OH excluding ortho intramolecular Hbond substituents is 1. The van der Waals surface area contributed by atoms with Gasteiger partial charge in [0.2, 0.25) is 65.0 Å². The third kappa shape index (κ3) is 27.9. The summed E-state index contributed by atoms with van der Waals surface area (Å²) in [7, 11) is 1.78. The Bertz CT molecular complexity index is 2510. The van der Waals surface area contributed by atoms with E-state index in [1.807, 2.05) is 0 Å². The number of carbonyl (C=O) groups is 14. The Balaban J connectivity index is 0.00000596. The average molecular weight is 1260 g/mol. The number of phenols is 1. The zero-order chi connectivity index (χ0) is 63.9. The number of aliphatic hydroxyl groups excluding tert-OH is 1. The molecule has 2 aliphatic heterocycles. The van der Waals surface area contributed by atoms with Gasteiger partial charge in [-0.3, -0.25) is 62.3 Å². The minimum absolute atomic E-state index is 0.00241. The van der Waals surface area contributed by atoms with Crippen LogP contribution in [0.3, 0.4) is 0 Å². The molecule has 0 radical (unpaired) electrons. The maximum Gasteiger partial charge on any atom is 0.327 e. The Hall–Kier alpha value is -7.47. The molecule has 3 rings (SSSR count). The standard InChI is InChI=1S/C48H73N13O17S3.C2H4O2/c1-24(62)39-46(75)58-28(6-3-4-15-49)43(72)56-29(12-13-38(67)68)41(70)52-21-37(66)55-33(48(77)78)23-81-80-22-27(50)40(69)59-32(19-35(51)64)47(76)61-16-5-7-34(61)45(74)57-30(14-17-79-2)42(71)53-20-36(65)54-31(44(73)60-39)18-25-8-10-26(63)11-9-25;1-2(3)4/h8-11,24,27-34,39,62-63H,3-7,12-23,49-50H2,1-2H3,(H2,51,64)(H,52,70)(H,53,71)(H,54,65)(H,55,66)(H,56,72)(H,57,74)(H,58,75)(H,59,69)(H,60,73)(H,67,68)(H,77,78);1H3,(H,3,4). The summed E-state index contributed by atoms with van der Waals surface area (Å²) in [6.45, 7) is 0.737. The van der Waals surface area contributed by atoms with Crippen LogP contribution >= 0.6 is 33.3 Å². The summed E-state index contributed by atoms with van der Waals surface area (Å²) in [5.41, 5.74) is 17.6. The molecule has 10 atom stereocenters. The van der Waals surface area contributed by atoms with Gasteiger partial charge in [-0.25, -0.2) is 4.79 Å². The van der Waals surface area contributed by atoms with Gasteiger partial charge in [0.15, 0.2) is 0 Å². The monoisotopic (exact) mass is 1260 g/mol. The van der Waals surface area contributed by atoms with E-state index in [4.69, 9.17) is 27.1 Å². The summed E-state index contributed by atoms with van der Waals surface area (Å²) >= 11 is 1.33. The van der Waals surface area contributed by atoms with E-state index in [1.54, 1.807) is 6.26 Å². The molecule has 0 aliphatic carbocycles. The molecule has 85 heavy (non-hydrogen) atoms. The fourth-order valence-corrected chi connectivity index (χ4v) is 10.8. The second-order valence-corrected chi connectivity index (χ2v) is 22.9. The van der Waals surface area contributed by atoms with Crippen LogP contribution in [0, 0.1) is 0 Å². The summed E-state index contributed by atoms with van der Waals surface area (Å²) in [6.07, 6.45) is -1.30. The van der Waals surface area contributed by atoms with Crippen molar-refractivity contribution in [3.05, 3.63) is 29.8 Å². The summed E-state index contributed by atoms with van der Waals surface area (Å²) in [5, 5.41) is 69.1. The van der Waals surface area contributed by atoms with Gasteiger partial charge in [0, 0.05) is 37.8 Å². The molecule has 35 heteroatoms. The Morgan fingerprint density at radius 2 is 1.24 bits per heavy atom.